The second-order valence-electron chi connectivity index (χ2n) is 9.20. The second-order valence-corrected chi connectivity index (χ2v) is 9.20. The monoisotopic (exact) mass is 637 g/mol. The van der Waals surface area contributed by atoms with E-state index in [4.69, 9.17) is 19.8 Å². The Morgan fingerprint density at radius 3 is 2.09 bits per heavy atom. The van der Waals surface area contributed by atoms with Gasteiger partial charge in [-0.3, -0.25) is 14.6 Å². The summed E-state index contributed by atoms with van der Waals surface area (Å²) in [5, 5.41) is 23.3. The number of carboxylic acid groups (broad SMARTS) is 2. The van der Waals surface area contributed by atoms with Gasteiger partial charge in [-0.25, -0.2) is 14.0 Å². The number of aromatic amines is 1. The molecule has 1 fully saturated rings. The number of pyridine rings is 1. The van der Waals surface area contributed by atoms with Crippen LogP contribution in [0.4, 0.5) is 30.7 Å². The lowest BCUT2D eigenvalue weighted by molar-refractivity contribution is -0.193. The molecular weight excluding hydrogens is 611 g/mol. The molecule has 44 heavy (non-hydrogen) atoms. The van der Waals surface area contributed by atoms with Crippen molar-refractivity contribution in [1.82, 2.24) is 25.9 Å². The van der Waals surface area contributed by atoms with Gasteiger partial charge in [0, 0.05) is 18.9 Å². The zero-order valence-electron chi connectivity index (χ0n) is 22.6. The van der Waals surface area contributed by atoms with Gasteiger partial charge in [-0.15, -0.1) is 0 Å². The summed E-state index contributed by atoms with van der Waals surface area (Å²) in [6, 6.07) is 10.7. The summed E-state index contributed by atoms with van der Waals surface area (Å²) in [6.45, 7) is 2.33. The topological polar surface area (TPSA) is 174 Å². The molecule has 2 amide bonds. The smallest absolute Gasteiger partial charge is 0.475 e. The van der Waals surface area contributed by atoms with Gasteiger partial charge in [0.05, 0.1) is 29.2 Å². The number of nitrogens with zero attached hydrogens (tertiary/aromatic N) is 1. The fourth-order valence-electron chi connectivity index (χ4n) is 3.80. The summed E-state index contributed by atoms with van der Waals surface area (Å²) in [6.07, 6.45) is -6.48. The molecule has 0 saturated carbocycles. The highest BCUT2D eigenvalue weighted by Gasteiger charge is 2.39. The Kier molecular flexibility index (Phi) is 12.2. The third kappa shape index (κ3) is 10.5. The zero-order chi connectivity index (χ0) is 33.2. The summed E-state index contributed by atoms with van der Waals surface area (Å²) in [5.41, 5.74) is 2.09. The van der Waals surface area contributed by atoms with Gasteiger partial charge in [0.2, 0.25) is 11.8 Å². The van der Waals surface area contributed by atoms with Gasteiger partial charge < -0.3 is 31.1 Å². The molecule has 0 radical (unpaired) electrons. The first-order chi connectivity index (χ1) is 20.4. The number of alkyl halides is 6. The lowest BCUT2D eigenvalue weighted by Gasteiger charge is -2.17. The number of halogens is 7. The Bertz CT molecular complexity index is 1420. The third-order valence-electron chi connectivity index (χ3n) is 6.00. The summed E-state index contributed by atoms with van der Waals surface area (Å²) in [4.78, 5) is 49.6. The van der Waals surface area contributed by atoms with E-state index in [1.807, 2.05) is 18.2 Å². The number of carbonyl (C=O) groups excluding carboxylic acids is 2. The van der Waals surface area contributed by atoms with Crippen LogP contribution in [0.3, 0.4) is 0 Å². The van der Waals surface area contributed by atoms with E-state index in [9.17, 15) is 40.3 Å². The molecule has 1 unspecified atom stereocenters. The predicted molar refractivity (Wildman–Crippen MR) is 138 cm³/mol. The highest BCUT2D eigenvalue weighted by molar-refractivity contribution is 5.90. The normalized spacial score (nSPS) is 16.9. The minimum absolute atomic E-state index is 0.00266. The second kappa shape index (κ2) is 15.1. The number of benzene rings is 1. The number of rotatable bonds is 6. The van der Waals surface area contributed by atoms with Crippen molar-refractivity contribution >= 4 is 34.7 Å². The molecule has 3 heterocycles. The quantitative estimate of drug-likeness (QED) is 0.224. The molecule has 4 rings (SSSR count). The number of aromatic nitrogens is 2. The first-order valence-corrected chi connectivity index (χ1v) is 12.5. The van der Waals surface area contributed by atoms with Gasteiger partial charge in [-0.05, 0) is 30.9 Å². The molecule has 3 atom stereocenters. The molecule has 1 aliphatic rings. The number of H-pyrrole nitrogens is 1. The van der Waals surface area contributed by atoms with Crippen LogP contribution in [0.1, 0.15) is 30.5 Å². The molecule has 0 bridgehead atoms. The van der Waals surface area contributed by atoms with Crippen molar-refractivity contribution in [2.45, 2.75) is 50.2 Å². The Balaban J connectivity index is 0.000000402. The fourth-order valence-corrected chi connectivity index (χ4v) is 3.80. The van der Waals surface area contributed by atoms with Crippen molar-refractivity contribution in [3.8, 4) is 0 Å². The molecule has 240 valence electrons. The first kappa shape index (κ1) is 35.5. The number of carbonyl (C=O) groups is 4. The van der Waals surface area contributed by atoms with Crippen molar-refractivity contribution in [2.24, 2.45) is 0 Å². The molecule has 6 N–H and O–H groups in total. The van der Waals surface area contributed by atoms with E-state index in [-0.39, 0.29) is 36.0 Å². The largest absolute Gasteiger partial charge is 0.490 e. The molecule has 1 aliphatic heterocycles. The molecule has 3 aromatic rings. The Morgan fingerprint density at radius 2 is 1.57 bits per heavy atom. The Morgan fingerprint density at radius 1 is 1.00 bits per heavy atom. The number of hydrogen-bond donors (Lipinski definition) is 6. The van der Waals surface area contributed by atoms with Crippen LogP contribution < -0.4 is 16.0 Å². The summed E-state index contributed by atoms with van der Waals surface area (Å²) in [7, 11) is 0. The Labute approximate surface area is 243 Å². The third-order valence-corrected chi connectivity index (χ3v) is 6.00. The highest BCUT2D eigenvalue weighted by atomic mass is 19.4. The average molecular weight is 638 g/mol. The van der Waals surface area contributed by atoms with Crippen molar-refractivity contribution in [3.05, 3.63) is 65.9 Å². The molecule has 1 aromatic carbocycles. The number of aliphatic carboxylic acids is 2. The van der Waals surface area contributed by atoms with Gasteiger partial charge in [-0.1, -0.05) is 30.3 Å². The SMILES string of the molecule is CC(NC(=O)[C@H]1C[C@H](c2ccccc2)CN1)C(=O)NCc1[nH]c2ccncc2c1F.O=C(O)C(F)(F)F.O=C(O)C(F)(F)F. The van der Waals surface area contributed by atoms with E-state index in [1.165, 1.54) is 11.8 Å². The van der Waals surface area contributed by atoms with Gasteiger partial charge in [0.1, 0.15) is 6.04 Å². The van der Waals surface area contributed by atoms with E-state index < -0.39 is 36.2 Å². The summed E-state index contributed by atoms with van der Waals surface area (Å²) in [5.74, 6) is -6.26. The summed E-state index contributed by atoms with van der Waals surface area (Å²) < 4.78 is 77.8. The van der Waals surface area contributed by atoms with E-state index >= 15 is 0 Å². The number of fused-ring (bicyclic) bond motifs is 1. The molecule has 11 nitrogen and oxygen atoms in total. The van der Waals surface area contributed by atoms with Crippen molar-refractivity contribution in [3.63, 3.8) is 0 Å². The molecule has 18 heteroatoms. The van der Waals surface area contributed by atoms with Gasteiger partial charge >= 0.3 is 24.3 Å². The van der Waals surface area contributed by atoms with Gasteiger partial charge in [0.15, 0.2) is 5.82 Å². The number of amides is 2. The maximum Gasteiger partial charge on any atom is 0.490 e. The minimum Gasteiger partial charge on any atom is -0.475 e. The number of hydrogen-bond acceptors (Lipinski definition) is 6. The molecule has 0 spiro atoms. The predicted octanol–water partition coefficient (Wildman–Crippen LogP) is 3.24. The average Bonchev–Trinajstić information content (AvgIpc) is 3.57. The molecule has 1 saturated heterocycles. The number of nitrogens with one attached hydrogen (secondary N) is 4. The van der Waals surface area contributed by atoms with E-state index in [1.54, 1.807) is 19.2 Å². The van der Waals surface area contributed by atoms with E-state index in [0.29, 0.717) is 17.3 Å². The molecule has 0 aliphatic carbocycles. The maximum absolute atomic E-state index is 14.4. The van der Waals surface area contributed by atoms with Crippen LogP contribution >= 0.6 is 0 Å². The zero-order valence-corrected chi connectivity index (χ0v) is 22.6. The standard InChI is InChI=1S/C22H24FN5O2.2C2HF3O2/c1-13(21(29)26-12-19-20(23)16-11-24-8-7-17(16)28-19)27-22(30)18-9-15(10-25-18)14-5-3-2-4-6-14;2*3-2(4,5)1(6)7/h2-8,11,13,15,18,25,28H,9-10,12H2,1H3,(H,26,29)(H,27,30);2*(H,6,7)/t13?,15-,18+;;/m0../s1. The fraction of sp³-hybridized carbons (Fsp3) is 0.346. The maximum atomic E-state index is 14.4. The van der Waals surface area contributed by atoms with Crippen LogP contribution in [0.2, 0.25) is 0 Å². The molecule has 2 aromatic heterocycles. The number of carboxylic acids is 2. The van der Waals surface area contributed by atoms with Gasteiger partial charge in [0.25, 0.3) is 0 Å². The first-order valence-electron chi connectivity index (χ1n) is 12.5. The minimum atomic E-state index is -5.08. The van der Waals surface area contributed by atoms with E-state index in [0.717, 1.165) is 6.54 Å². The van der Waals surface area contributed by atoms with Crippen LogP contribution in [-0.2, 0) is 25.7 Å². The lowest BCUT2D eigenvalue weighted by atomic mass is 9.96. The van der Waals surface area contributed by atoms with E-state index in [2.05, 4.69) is 38.1 Å². The van der Waals surface area contributed by atoms with Crippen LogP contribution in [0.5, 0.6) is 0 Å². The van der Waals surface area contributed by atoms with Crippen LogP contribution in [0.15, 0.2) is 48.8 Å². The Hall–Kier alpha value is -4.74. The van der Waals surface area contributed by atoms with Gasteiger partial charge in [-0.2, -0.15) is 26.3 Å². The summed E-state index contributed by atoms with van der Waals surface area (Å²) >= 11 is 0. The lowest BCUT2D eigenvalue weighted by Crippen LogP contribution is -2.50. The molecular formula is C26H26F7N5O6. The van der Waals surface area contributed by atoms with Crippen LogP contribution in [-0.4, -0.2) is 74.9 Å². The van der Waals surface area contributed by atoms with Crippen LogP contribution in [0, 0.1) is 5.82 Å². The van der Waals surface area contributed by atoms with Crippen LogP contribution in [0.25, 0.3) is 10.9 Å². The van der Waals surface area contributed by atoms with Crippen molar-refractivity contribution in [2.75, 3.05) is 6.54 Å². The van der Waals surface area contributed by atoms with Crippen molar-refractivity contribution < 1.29 is 60.1 Å². The highest BCUT2D eigenvalue weighted by Crippen LogP contribution is 2.25. The van der Waals surface area contributed by atoms with Crippen molar-refractivity contribution in [1.29, 1.82) is 0 Å².